The van der Waals surface area contributed by atoms with Crippen LogP contribution in [-0.2, 0) is 22.0 Å². The quantitative estimate of drug-likeness (QED) is 0.160. The van der Waals surface area contributed by atoms with E-state index in [1.807, 2.05) is 121 Å². The predicted molar refractivity (Wildman–Crippen MR) is 169 cm³/mol. The molecule has 0 N–H and O–H groups in total. The molecule has 4 aromatic carbocycles. The Kier molecular flexibility index (Phi) is 7.00. The number of benzene rings is 4. The maximum absolute atomic E-state index is 6.97. The summed E-state index contributed by atoms with van der Waals surface area (Å²) in [6.45, 7) is 0. The van der Waals surface area contributed by atoms with Gasteiger partial charge in [-0.25, -0.2) is 0 Å². The van der Waals surface area contributed by atoms with Gasteiger partial charge in [-0.2, -0.15) is 0 Å². The van der Waals surface area contributed by atoms with Gasteiger partial charge < -0.3 is 0 Å². The molecule has 8 nitrogen and oxygen atoms in total. The topological polar surface area (TPSA) is 88.5 Å². The molecule has 0 fully saturated rings. The number of hydrogen-bond acceptors (Lipinski definition) is 8. The minimum atomic E-state index is -5.48. The van der Waals surface area contributed by atoms with Crippen LogP contribution in [0.3, 0.4) is 0 Å². The molecule has 0 saturated carbocycles. The molecule has 0 spiro atoms. The van der Waals surface area contributed by atoms with E-state index >= 15 is 0 Å². The molecule has 0 radical (unpaired) electrons. The van der Waals surface area contributed by atoms with Crippen molar-refractivity contribution in [1.82, 2.24) is 19.9 Å². The van der Waals surface area contributed by atoms with Crippen LogP contribution in [0.5, 0.6) is 23.0 Å². The number of fused-ring (bicyclic) bond motifs is 4. The first-order valence-electron chi connectivity index (χ1n) is 14.4. The molecule has 9 heteroatoms. The number of aromatic nitrogens is 4. The predicted octanol–water partition coefficient (Wildman–Crippen LogP) is 8.31. The summed E-state index contributed by atoms with van der Waals surface area (Å²) in [5, 5.41) is 3.61. The molecular weight excluding hydrogens is 644 g/mol. The molecule has 216 valence electrons. The second-order valence-corrected chi connectivity index (χ2v) is 14.7. The third-order valence-corrected chi connectivity index (χ3v) is 11.9. The molecule has 8 rings (SSSR count). The van der Waals surface area contributed by atoms with E-state index in [0.717, 1.165) is 21.5 Å². The number of pyridine rings is 4. The zero-order chi connectivity index (χ0) is 30.1. The summed E-state index contributed by atoms with van der Waals surface area (Å²) in [7, 11) is 0. The van der Waals surface area contributed by atoms with Gasteiger partial charge in [0.05, 0.1) is 0 Å². The van der Waals surface area contributed by atoms with Crippen LogP contribution >= 0.6 is 0 Å². The second kappa shape index (κ2) is 11.6. The van der Waals surface area contributed by atoms with E-state index in [-0.39, 0.29) is 0 Å². The van der Waals surface area contributed by atoms with Crippen LogP contribution in [0.1, 0.15) is 0 Å². The fourth-order valence-corrected chi connectivity index (χ4v) is 10.2. The number of para-hydroxylation sites is 4. The van der Waals surface area contributed by atoms with Crippen LogP contribution in [-0.4, -0.2) is 19.9 Å². The molecule has 4 aromatic heterocycles. The molecule has 0 bridgehead atoms. The Morgan fingerprint density at radius 2 is 0.556 bits per heavy atom. The van der Waals surface area contributed by atoms with Gasteiger partial charge in [-0.1, -0.05) is 0 Å². The Balaban J connectivity index is 1.38. The number of rotatable bonds is 8. The van der Waals surface area contributed by atoms with Gasteiger partial charge >= 0.3 is 266 Å². The third-order valence-electron chi connectivity index (χ3n) is 7.32. The van der Waals surface area contributed by atoms with Crippen molar-refractivity contribution in [2.75, 3.05) is 0 Å². The van der Waals surface area contributed by atoms with Gasteiger partial charge in [0.1, 0.15) is 0 Å². The molecule has 4 heterocycles. The van der Waals surface area contributed by atoms with Gasteiger partial charge in [-0.3, -0.25) is 0 Å². The van der Waals surface area contributed by atoms with Crippen molar-refractivity contribution in [3.8, 4) is 23.0 Å². The first-order chi connectivity index (χ1) is 22.2. The van der Waals surface area contributed by atoms with Gasteiger partial charge in [0, 0.05) is 0 Å². The fourth-order valence-electron chi connectivity index (χ4n) is 5.30. The summed E-state index contributed by atoms with van der Waals surface area (Å²) in [6.07, 6.45) is 6.92. The maximum atomic E-state index is 6.97. The normalized spacial score (nSPS) is 11.6. The average Bonchev–Trinajstić information content (AvgIpc) is 3.09. The minimum absolute atomic E-state index is 0.471. The van der Waals surface area contributed by atoms with Gasteiger partial charge in [0.2, 0.25) is 0 Å². The zero-order valence-electron chi connectivity index (χ0n) is 23.8. The zero-order valence-corrected chi connectivity index (χ0v) is 26.2. The van der Waals surface area contributed by atoms with Crippen molar-refractivity contribution in [3.05, 3.63) is 146 Å². The summed E-state index contributed by atoms with van der Waals surface area (Å²) >= 11 is -5.48. The van der Waals surface area contributed by atoms with E-state index in [1.54, 1.807) is 24.8 Å². The van der Waals surface area contributed by atoms with Crippen LogP contribution in [0, 0.1) is 0 Å². The van der Waals surface area contributed by atoms with E-state index in [1.165, 1.54) is 0 Å². The Labute approximate surface area is 264 Å². The van der Waals surface area contributed by atoms with Gasteiger partial charge in [0.25, 0.3) is 0 Å². The van der Waals surface area contributed by atoms with Crippen molar-refractivity contribution in [2.45, 2.75) is 0 Å². The van der Waals surface area contributed by atoms with Crippen LogP contribution in [0.2, 0.25) is 0 Å². The number of nitrogens with zero attached hydrogens (tertiary/aromatic N) is 4. The van der Waals surface area contributed by atoms with Gasteiger partial charge in [-0.05, 0) is 0 Å². The van der Waals surface area contributed by atoms with Crippen LogP contribution < -0.4 is 11.3 Å². The Hall–Kier alpha value is -5.40. The molecule has 0 aliphatic carbocycles. The molecule has 0 amide bonds. The van der Waals surface area contributed by atoms with Crippen LogP contribution in [0.25, 0.3) is 43.6 Å². The SMILES string of the molecule is c1cnc2c([O][Zr]([O]c3cccc4cccnc34)([O]c3cccc4cccnc34)[O]c3cccc4cccnc34)cccc2c1. The first kappa shape index (κ1) is 27.2. The molecule has 8 aromatic rings. The van der Waals surface area contributed by atoms with Crippen molar-refractivity contribution in [1.29, 1.82) is 0 Å². The fraction of sp³-hybridized carbons (Fsp3) is 0. The summed E-state index contributed by atoms with van der Waals surface area (Å²) < 4.78 is 27.9. The van der Waals surface area contributed by atoms with E-state index in [4.69, 9.17) is 11.3 Å². The van der Waals surface area contributed by atoms with Crippen molar-refractivity contribution >= 4 is 43.6 Å². The standard InChI is InChI=1S/4C9H7NO.Zr/c4*11-8-5-1-3-7-4-2-6-10-9(7)8;/h4*1-6,11H;/q;;;;+4/p-4. The summed E-state index contributed by atoms with van der Waals surface area (Å²) in [6, 6.07) is 38.4. The van der Waals surface area contributed by atoms with Crippen LogP contribution in [0.15, 0.2) is 146 Å². The average molecular weight is 668 g/mol. The second-order valence-electron chi connectivity index (χ2n) is 10.2. The van der Waals surface area contributed by atoms with E-state index in [9.17, 15) is 0 Å². The van der Waals surface area contributed by atoms with Crippen molar-refractivity contribution < 1.29 is 33.3 Å². The molecule has 0 aliphatic rings. The Morgan fingerprint density at radius 3 is 0.822 bits per heavy atom. The molecule has 0 unspecified atom stereocenters. The molecule has 45 heavy (non-hydrogen) atoms. The molecule has 0 aliphatic heterocycles. The van der Waals surface area contributed by atoms with Crippen molar-refractivity contribution in [2.24, 2.45) is 0 Å². The van der Waals surface area contributed by atoms with E-state index in [0.29, 0.717) is 45.1 Å². The summed E-state index contributed by atoms with van der Waals surface area (Å²) in [5.74, 6) is 1.88. The number of hydrogen-bond donors (Lipinski definition) is 0. The molecule has 0 atom stereocenters. The summed E-state index contributed by atoms with van der Waals surface area (Å²) in [5.41, 5.74) is 2.61. The van der Waals surface area contributed by atoms with Crippen LogP contribution in [0.4, 0.5) is 0 Å². The summed E-state index contributed by atoms with van der Waals surface area (Å²) in [4.78, 5) is 18.6. The Morgan fingerprint density at radius 1 is 0.311 bits per heavy atom. The third kappa shape index (κ3) is 5.32. The Bertz CT molecular complexity index is 1980. The van der Waals surface area contributed by atoms with Gasteiger partial charge in [0.15, 0.2) is 0 Å². The monoisotopic (exact) mass is 666 g/mol. The molecular formula is C36H24N4O4Zr. The molecule has 0 saturated heterocycles. The van der Waals surface area contributed by atoms with Gasteiger partial charge in [-0.15, -0.1) is 0 Å². The van der Waals surface area contributed by atoms with Crippen molar-refractivity contribution in [3.63, 3.8) is 0 Å². The van der Waals surface area contributed by atoms with E-state index < -0.39 is 22.0 Å². The van der Waals surface area contributed by atoms with E-state index in [2.05, 4.69) is 19.9 Å². The first-order valence-corrected chi connectivity index (χ1v) is 18.4.